The molecule has 0 aliphatic heterocycles. The lowest BCUT2D eigenvalue weighted by atomic mass is 10.1. The average molecular weight is 256 g/mol. The molecule has 0 saturated heterocycles. The van der Waals surface area contributed by atoms with Crippen LogP contribution >= 0.6 is 0 Å². The molecule has 0 bridgehead atoms. The van der Waals surface area contributed by atoms with E-state index in [9.17, 15) is 0 Å². The van der Waals surface area contributed by atoms with Gasteiger partial charge in [-0.1, -0.05) is 45.4 Å². The van der Waals surface area contributed by atoms with E-state index in [4.69, 9.17) is 5.73 Å². The van der Waals surface area contributed by atoms with E-state index >= 15 is 0 Å². The minimum Gasteiger partial charge on any atom is -0.330 e. The van der Waals surface area contributed by atoms with E-state index in [0.29, 0.717) is 0 Å². The molecule has 18 heavy (non-hydrogen) atoms. The van der Waals surface area contributed by atoms with E-state index in [1.165, 1.54) is 51.5 Å². The molecule has 0 aliphatic rings. The first-order chi connectivity index (χ1) is 8.91. The maximum absolute atomic E-state index is 5.42. The second-order valence-electron chi connectivity index (χ2n) is 4.97. The average Bonchev–Trinajstić information content (AvgIpc) is 2.39. The molecule has 0 atom stereocenters. The number of rotatable bonds is 15. The number of nitrogens with one attached hydrogen (secondary N) is 2. The van der Waals surface area contributed by atoms with Crippen molar-refractivity contribution >= 4 is 0 Å². The molecule has 0 aromatic heterocycles. The van der Waals surface area contributed by atoms with Gasteiger partial charge in [0, 0.05) is 0 Å². The van der Waals surface area contributed by atoms with Crippen molar-refractivity contribution < 1.29 is 0 Å². The van der Waals surface area contributed by atoms with Gasteiger partial charge in [-0.05, 0) is 52.0 Å². The molecule has 4 N–H and O–H groups in total. The maximum atomic E-state index is 5.42. The Kier molecular flexibility index (Phi) is 16.8. The summed E-state index contributed by atoms with van der Waals surface area (Å²) in [6.45, 7) is 9.14. The Morgan fingerprint density at radius 2 is 1.11 bits per heavy atom. The van der Waals surface area contributed by atoms with Crippen LogP contribution in [-0.2, 0) is 0 Å². The lowest BCUT2D eigenvalue weighted by Gasteiger charge is -2.06. The van der Waals surface area contributed by atoms with Crippen LogP contribution in [0.2, 0.25) is 0 Å². The van der Waals surface area contributed by atoms with Crippen molar-refractivity contribution in [2.24, 2.45) is 5.73 Å². The van der Waals surface area contributed by atoms with Crippen LogP contribution in [0.4, 0.5) is 0 Å². The Morgan fingerprint density at radius 1 is 0.611 bits per heavy atom. The van der Waals surface area contributed by atoms with E-state index in [2.05, 4.69) is 17.6 Å². The summed E-state index contributed by atoms with van der Waals surface area (Å²) >= 11 is 0. The fraction of sp³-hybridized carbons (Fsp3) is 0.933. The van der Waals surface area contributed by atoms with Crippen molar-refractivity contribution in [1.29, 1.82) is 0 Å². The zero-order chi connectivity index (χ0) is 13.3. The Morgan fingerprint density at radius 3 is 1.72 bits per heavy atom. The zero-order valence-corrected chi connectivity index (χ0v) is 12.2. The van der Waals surface area contributed by atoms with Crippen LogP contribution in [-0.4, -0.2) is 32.7 Å². The van der Waals surface area contributed by atoms with E-state index in [1.807, 2.05) is 0 Å². The molecular formula is C15H34N3. The first kappa shape index (κ1) is 17.9. The summed E-state index contributed by atoms with van der Waals surface area (Å²) in [5, 5.41) is 6.90. The molecule has 0 saturated carbocycles. The molecule has 109 valence electrons. The first-order valence-electron chi connectivity index (χ1n) is 7.82. The molecule has 3 nitrogen and oxygen atoms in total. The summed E-state index contributed by atoms with van der Waals surface area (Å²) in [6.07, 6.45) is 11.5. The van der Waals surface area contributed by atoms with Gasteiger partial charge in [-0.3, -0.25) is 0 Å². The third-order valence-corrected chi connectivity index (χ3v) is 3.12. The Hall–Kier alpha value is -0.120. The van der Waals surface area contributed by atoms with Gasteiger partial charge in [-0.25, -0.2) is 0 Å². The second-order valence-corrected chi connectivity index (χ2v) is 4.97. The quantitative estimate of drug-likeness (QED) is 0.395. The van der Waals surface area contributed by atoms with Crippen LogP contribution in [0, 0.1) is 6.92 Å². The third kappa shape index (κ3) is 15.9. The van der Waals surface area contributed by atoms with Crippen molar-refractivity contribution in [2.75, 3.05) is 32.7 Å². The normalized spacial score (nSPS) is 11.0. The lowest BCUT2D eigenvalue weighted by molar-refractivity contribution is 0.548. The highest BCUT2D eigenvalue weighted by Crippen LogP contribution is 2.05. The number of nitrogens with two attached hydrogens (primary N) is 1. The SMILES string of the molecule is [CH2]CCCCCCCCNCCCNCCCN. The van der Waals surface area contributed by atoms with E-state index in [0.717, 1.165) is 39.0 Å². The highest BCUT2D eigenvalue weighted by atomic mass is 14.9. The summed E-state index contributed by atoms with van der Waals surface area (Å²) in [6, 6.07) is 0. The van der Waals surface area contributed by atoms with Crippen LogP contribution in [0.15, 0.2) is 0 Å². The molecule has 0 spiro atoms. The van der Waals surface area contributed by atoms with Crippen LogP contribution in [0.1, 0.15) is 57.8 Å². The van der Waals surface area contributed by atoms with Crippen LogP contribution in [0.5, 0.6) is 0 Å². The third-order valence-electron chi connectivity index (χ3n) is 3.12. The monoisotopic (exact) mass is 256 g/mol. The zero-order valence-electron chi connectivity index (χ0n) is 12.2. The standard InChI is InChI=1S/C15H34N3/c1-2-3-4-5-6-7-8-12-17-14-10-15-18-13-9-11-16/h17-18H,1-16H2. The predicted molar refractivity (Wildman–Crippen MR) is 81.7 cm³/mol. The van der Waals surface area contributed by atoms with Crippen molar-refractivity contribution in [2.45, 2.75) is 57.8 Å². The molecule has 0 rings (SSSR count). The second kappa shape index (κ2) is 16.9. The van der Waals surface area contributed by atoms with E-state index in [1.54, 1.807) is 0 Å². The van der Waals surface area contributed by atoms with Crippen LogP contribution < -0.4 is 16.4 Å². The van der Waals surface area contributed by atoms with Gasteiger partial charge < -0.3 is 16.4 Å². The summed E-state index contributed by atoms with van der Waals surface area (Å²) in [4.78, 5) is 0. The van der Waals surface area contributed by atoms with Gasteiger partial charge in [0.2, 0.25) is 0 Å². The van der Waals surface area contributed by atoms with Crippen LogP contribution in [0.25, 0.3) is 0 Å². The van der Waals surface area contributed by atoms with Gasteiger partial charge in [0.25, 0.3) is 0 Å². The molecule has 0 fully saturated rings. The summed E-state index contributed by atoms with van der Waals surface area (Å²) in [7, 11) is 0. The van der Waals surface area contributed by atoms with Crippen molar-refractivity contribution in [3.05, 3.63) is 6.92 Å². The topological polar surface area (TPSA) is 50.1 Å². The van der Waals surface area contributed by atoms with Crippen LogP contribution in [0.3, 0.4) is 0 Å². The maximum Gasteiger partial charge on any atom is -0.00368 e. The summed E-state index contributed by atoms with van der Waals surface area (Å²) in [5.41, 5.74) is 5.42. The Balaban J connectivity index is 2.86. The molecule has 0 heterocycles. The largest absolute Gasteiger partial charge is 0.330 e. The Labute approximate surface area is 114 Å². The first-order valence-corrected chi connectivity index (χ1v) is 7.82. The van der Waals surface area contributed by atoms with Gasteiger partial charge in [0.05, 0.1) is 0 Å². The Bertz CT molecular complexity index is 124. The van der Waals surface area contributed by atoms with E-state index < -0.39 is 0 Å². The van der Waals surface area contributed by atoms with Crippen molar-refractivity contribution in [3.8, 4) is 0 Å². The van der Waals surface area contributed by atoms with Crippen molar-refractivity contribution in [1.82, 2.24) is 10.6 Å². The number of hydrogen-bond acceptors (Lipinski definition) is 3. The smallest absolute Gasteiger partial charge is 0.00368 e. The highest BCUT2D eigenvalue weighted by Gasteiger charge is 1.92. The molecule has 3 heteroatoms. The molecule has 0 aromatic rings. The minimum atomic E-state index is 0.792. The summed E-state index contributed by atoms with van der Waals surface area (Å²) < 4.78 is 0. The fourth-order valence-electron chi connectivity index (χ4n) is 1.95. The molecule has 1 radical (unpaired) electrons. The van der Waals surface area contributed by atoms with Crippen molar-refractivity contribution in [3.63, 3.8) is 0 Å². The van der Waals surface area contributed by atoms with E-state index in [-0.39, 0.29) is 0 Å². The fourth-order valence-corrected chi connectivity index (χ4v) is 1.95. The highest BCUT2D eigenvalue weighted by molar-refractivity contribution is 4.53. The van der Waals surface area contributed by atoms with Gasteiger partial charge in [0.1, 0.15) is 0 Å². The lowest BCUT2D eigenvalue weighted by Crippen LogP contribution is -2.24. The minimum absolute atomic E-state index is 0.792. The number of hydrogen-bond donors (Lipinski definition) is 3. The molecule has 0 unspecified atom stereocenters. The number of unbranched alkanes of at least 4 members (excludes halogenated alkanes) is 6. The van der Waals surface area contributed by atoms with Gasteiger partial charge in [-0.15, -0.1) is 0 Å². The van der Waals surface area contributed by atoms with Gasteiger partial charge >= 0.3 is 0 Å². The molecule has 0 aliphatic carbocycles. The summed E-state index contributed by atoms with van der Waals surface area (Å²) in [5.74, 6) is 0. The molecule has 0 amide bonds. The predicted octanol–water partition coefficient (Wildman–Crippen LogP) is 2.47. The molecule has 0 aromatic carbocycles. The van der Waals surface area contributed by atoms with Gasteiger partial charge in [0.15, 0.2) is 0 Å². The van der Waals surface area contributed by atoms with Gasteiger partial charge in [-0.2, -0.15) is 0 Å². The molecular weight excluding hydrogens is 222 g/mol.